The van der Waals surface area contributed by atoms with E-state index in [-0.39, 0.29) is 18.1 Å². The van der Waals surface area contributed by atoms with E-state index in [9.17, 15) is 9.59 Å². The second-order valence-corrected chi connectivity index (χ2v) is 6.33. The van der Waals surface area contributed by atoms with Gasteiger partial charge in [0.05, 0.1) is 17.0 Å². The Morgan fingerprint density at radius 3 is 2.25 bits per heavy atom. The van der Waals surface area contributed by atoms with Gasteiger partial charge in [-0.1, -0.05) is 72.0 Å². The molecule has 0 atom stereocenters. The van der Waals surface area contributed by atoms with Gasteiger partial charge in [-0.3, -0.25) is 9.59 Å². The zero-order valence-corrected chi connectivity index (χ0v) is 14.0. The van der Waals surface area contributed by atoms with Crippen LogP contribution in [0.5, 0.6) is 0 Å². The molecule has 0 aliphatic rings. The molecule has 120 valence electrons. The van der Waals surface area contributed by atoms with E-state index in [0.29, 0.717) is 15.7 Å². The summed E-state index contributed by atoms with van der Waals surface area (Å²) >= 11 is 1.21. The number of hydrogen-bond donors (Lipinski definition) is 1. The summed E-state index contributed by atoms with van der Waals surface area (Å²) in [5.74, 6) is -0.209. The average Bonchev–Trinajstić information content (AvgIpc) is 3.00. The maximum Gasteiger partial charge on any atom is 0.230 e. The minimum absolute atomic E-state index is 0.0603. The molecular weight excluding hydrogens is 320 g/mol. The van der Waals surface area contributed by atoms with Gasteiger partial charge in [0.1, 0.15) is 0 Å². The van der Waals surface area contributed by atoms with Crippen LogP contribution in [0.4, 0.5) is 5.13 Å². The van der Waals surface area contributed by atoms with Crippen molar-refractivity contribution >= 4 is 28.2 Å². The summed E-state index contributed by atoms with van der Waals surface area (Å²) in [4.78, 5) is 29.1. The van der Waals surface area contributed by atoms with Gasteiger partial charge in [-0.2, -0.15) is 0 Å². The Hall–Kier alpha value is -2.79. The highest BCUT2D eigenvalue weighted by Gasteiger charge is 2.17. The van der Waals surface area contributed by atoms with Crippen LogP contribution in [0, 0.1) is 0 Å². The van der Waals surface area contributed by atoms with Crippen molar-refractivity contribution in [3.8, 4) is 11.3 Å². The SMILES string of the molecule is CC(=O)c1sc(NC(=O)Cc2ccccc2)nc1-c1ccccc1. The second-order valence-electron chi connectivity index (χ2n) is 5.33. The maximum atomic E-state index is 12.2. The number of Topliss-reactive ketones (excluding diaryl/α,β-unsaturated/α-hetero) is 1. The number of thiazole rings is 1. The van der Waals surface area contributed by atoms with Gasteiger partial charge in [0, 0.05) is 12.5 Å². The molecular formula is C19H16N2O2S. The van der Waals surface area contributed by atoms with Crippen molar-refractivity contribution in [2.75, 3.05) is 5.32 Å². The molecule has 1 aromatic heterocycles. The molecule has 24 heavy (non-hydrogen) atoms. The van der Waals surface area contributed by atoms with E-state index in [0.717, 1.165) is 11.1 Å². The van der Waals surface area contributed by atoms with E-state index >= 15 is 0 Å². The predicted octanol–water partition coefficient (Wildman–Crippen LogP) is 4.19. The maximum absolute atomic E-state index is 12.2. The number of carbonyl (C=O) groups is 2. The Morgan fingerprint density at radius 1 is 1.00 bits per heavy atom. The van der Waals surface area contributed by atoms with Gasteiger partial charge in [0.15, 0.2) is 10.9 Å². The van der Waals surface area contributed by atoms with Crippen molar-refractivity contribution in [3.63, 3.8) is 0 Å². The van der Waals surface area contributed by atoms with Gasteiger partial charge >= 0.3 is 0 Å². The highest BCUT2D eigenvalue weighted by Crippen LogP contribution is 2.31. The van der Waals surface area contributed by atoms with Crippen molar-refractivity contribution < 1.29 is 9.59 Å². The number of amides is 1. The Labute approximate surface area is 144 Å². The molecule has 3 aromatic rings. The Morgan fingerprint density at radius 2 is 1.62 bits per heavy atom. The molecule has 1 amide bonds. The lowest BCUT2D eigenvalue weighted by molar-refractivity contribution is -0.115. The van der Waals surface area contributed by atoms with Gasteiger partial charge in [0.2, 0.25) is 5.91 Å². The molecule has 0 aliphatic carbocycles. The van der Waals surface area contributed by atoms with Crippen LogP contribution in [0.1, 0.15) is 22.2 Å². The molecule has 0 spiro atoms. The summed E-state index contributed by atoms with van der Waals surface area (Å²) in [5, 5.41) is 3.24. The minimum atomic E-state index is -0.148. The van der Waals surface area contributed by atoms with Crippen LogP contribution in [0.2, 0.25) is 0 Å². The smallest absolute Gasteiger partial charge is 0.230 e. The molecule has 1 N–H and O–H groups in total. The molecule has 0 saturated heterocycles. The van der Waals surface area contributed by atoms with Gasteiger partial charge in [-0.05, 0) is 5.56 Å². The quantitative estimate of drug-likeness (QED) is 0.711. The number of nitrogens with one attached hydrogen (secondary N) is 1. The molecule has 2 aromatic carbocycles. The number of carbonyl (C=O) groups excluding carboxylic acids is 2. The molecule has 3 rings (SSSR count). The van der Waals surface area contributed by atoms with E-state index in [4.69, 9.17) is 0 Å². The van der Waals surface area contributed by atoms with Gasteiger partial charge in [-0.15, -0.1) is 0 Å². The number of rotatable bonds is 5. The highest BCUT2D eigenvalue weighted by molar-refractivity contribution is 7.18. The first-order valence-electron chi connectivity index (χ1n) is 7.54. The minimum Gasteiger partial charge on any atom is -0.302 e. The number of nitrogens with zero attached hydrogens (tertiary/aromatic N) is 1. The fraction of sp³-hybridized carbons (Fsp3) is 0.105. The van der Waals surface area contributed by atoms with Crippen molar-refractivity contribution in [2.45, 2.75) is 13.3 Å². The molecule has 1 heterocycles. The summed E-state index contributed by atoms with van der Waals surface area (Å²) in [6.07, 6.45) is 0.274. The largest absolute Gasteiger partial charge is 0.302 e. The lowest BCUT2D eigenvalue weighted by Crippen LogP contribution is -2.14. The van der Waals surface area contributed by atoms with Crippen LogP contribution in [0.25, 0.3) is 11.3 Å². The first kappa shape index (κ1) is 16.1. The van der Waals surface area contributed by atoms with Crippen molar-refractivity contribution in [1.29, 1.82) is 0 Å². The van der Waals surface area contributed by atoms with E-state index < -0.39 is 0 Å². The lowest BCUT2D eigenvalue weighted by atomic mass is 10.1. The standard InChI is InChI=1S/C19H16N2O2S/c1-13(22)18-17(15-10-6-3-7-11-15)21-19(24-18)20-16(23)12-14-8-4-2-5-9-14/h2-11H,12H2,1H3,(H,20,21,23). The van der Waals surface area contributed by atoms with Crippen LogP contribution in [-0.4, -0.2) is 16.7 Å². The fourth-order valence-electron chi connectivity index (χ4n) is 2.35. The average molecular weight is 336 g/mol. The van der Waals surface area contributed by atoms with E-state index in [1.807, 2.05) is 60.7 Å². The number of benzene rings is 2. The van der Waals surface area contributed by atoms with Crippen molar-refractivity contribution in [3.05, 3.63) is 71.1 Å². The molecule has 0 saturated carbocycles. The Balaban J connectivity index is 1.82. The zero-order chi connectivity index (χ0) is 16.9. The number of anilines is 1. The van der Waals surface area contributed by atoms with E-state index in [1.165, 1.54) is 18.3 Å². The normalized spacial score (nSPS) is 10.4. The number of ketones is 1. The van der Waals surface area contributed by atoms with E-state index in [1.54, 1.807) is 0 Å². The molecule has 0 unspecified atom stereocenters. The van der Waals surface area contributed by atoms with Crippen LogP contribution in [0.3, 0.4) is 0 Å². The Kier molecular flexibility index (Phi) is 4.82. The molecule has 0 radical (unpaired) electrons. The Bertz CT molecular complexity index is 858. The summed E-state index contributed by atoms with van der Waals surface area (Å²) in [5.41, 5.74) is 2.41. The van der Waals surface area contributed by atoms with Crippen molar-refractivity contribution in [2.24, 2.45) is 0 Å². The molecule has 0 bridgehead atoms. The second kappa shape index (κ2) is 7.19. The van der Waals surface area contributed by atoms with Crippen LogP contribution < -0.4 is 5.32 Å². The van der Waals surface area contributed by atoms with Gasteiger partial charge in [0.25, 0.3) is 0 Å². The number of aromatic nitrogens is 1. The first-order chi connectivity index (χ1) is 11.6. The van der Waals surface area contributed by atoms with Crippen LogP contribution >= 0.6 is 11.3 Å². The molecule has 5 heteroatoms. The van der Waals surface area contributed by atoms with Crippen LogP contribution in [-0.2, 0) is 11.2 Å². The number of hydrogen-bond acceptors (Lipinski definition) is 4. The lowest BCUT2D eigenvalue weighted by Gasteiger charge is -2.01. The van der Waals surface area contributed by atoms with Gasteiger partial charge in [-0.25, -0.2) is 4.98 Å². The molecule has 0 aliphatic heterocycles. The summed E-state index contributed by atoms with van der Waals surface area (Å²) < 4.78 is 0. The summed E-state index contributed by atoms with van der Waals surface area (Å²) in [6, 6.07) is 19.0. The third kappa shape index (κ3) is 3.75. The highest BCUT2D eigenvalue weighted by atomic mass is 32.1. The molecule has 4 nitrogen and oxygen atoms in total. The topological polar surface area (TPSA) is 59.1 Å². The first-order valence-corrected chi connectivity index (χ1v) is 8.36. The van der Waals surface area contributed by atoms with Crippen LogP contribution in [0.15, 0.2) is 60.7 Å². The third-order valence-corrected chi connectivity index (χ3v) is 4.52. The summed E-state index contributed by atoms with van der Waals surface area (Å²) in [7, 11) is 0. The monoisotopic (exact) mass is 336 g/mol. The zero-order valence-electron chi connectivity index (χ0n) is 13.2. The fourth-order valence-corrected chi connectivity index (χ4v) is 3.25. The predicted molar refractivity (Wildman–Crippen MR) is 96.3 cm³/mol. The van der Waals surface area contributed by atoms with Gasteiger partial charge < -0.3 is 5.32 Å². The molecule has 0 fully saturated rings. The van der Waals surface area contributed by atoms with Crippen molar-refractivity contribution in [1.82, 2.24) is 4.98 Å². The third-order valence-electron chi connectivity index (χ3n) is 3.45. The van der Waals surface area contributed by atoms with E-state index in [2.05, 4.69) is 10.3 Å². The summed E-state index contributed by atoms with van der Waals surface area (Å²) in [6.45, 7) is 1.51.